The summed E-state index contributed by atoms with van der Waals surface area (Å²) in [6.45, 7) is 2.45. The molecule has 1 nitrogen and oxygen atoms in total. The summed E-state index contributed by atoms with van der Waals surface area (Å²) in [5.74, 6) is 0. The Kier molecular flexibility index (Phi) is 21.6. The van der Waals surface area contributed by atoms with Gasteiger partial charge in [0.2, 0.25) is 0 Å². The molecule has 0 rings (SSSR count). The van der Waals surface area contributed by atoms with Crippen LogP contribution in [0.25, 0.3) is 0 Å². The average molecular weight is 425 g/mol. The molecule has 0 aromatic heterocycles. The van der Waals surface area contributed by atoms with Gasteiger partial charge in [0, 0.05) is 50.7 Å². The second-order valence-electron chi connectivity index (χ2n) is 3.91. The van der Waals surface area contributed by atoms with Crippen LogP contribution in [0.5, 0.6) is 0 Å². The standard InChI is InChI=1S/C13H26O.Ac/c1-2-3-4-5-6-7-8-9-10-11-12-13-14;/h2-3,14H,4-13H2,1H3;. The van der Waals surface area contributed by atoms with Crippen molar-refractivity contribution in [2.45, 2.75) is 64.7 Å². The van der Waals surface area contributed by atoms with E-state index < -0.39 is 0 Å². The number of allylic oxidation sites excluding steroid dienone is 2. The monoisotopic (exact) mass is 425 g/mol. The smallest absolute Gasteiger partial charge is 0.0431 e. The molecule has 0 unspecified atom stereocenters. The Morgan fingerprint density at radius 2 is 1.27 bits per heavy atom. The van der Waals surface area contributed by atoms with Gasteiger partial charge in [-0.1, -0.05) is 50.7 Å². The van der Waals surface area contributed by atoms with Gasteiger partial charge in [0.25, 0.3) is 0 Å². The van der Waals surface area contributed by atoms with Crippen molar-refractivity contribution in [3.8, 4) is 0 Å². The number of hydrogen-bond donors (Lipinski definition) is 1. The zero-order chi connectivity index (χ0) is 10.5. The maximum absolute atomic E-state index is 8.58. The van der Waals surface area contributed by atoms with E-state index in [2.05, 4.69) is 19.1 Å². The van der Waals surface area contributed by atoms with Crippen LogP contribution in [0.2, 0.25) is 0 Å². The summed E-state index contributed by atoms with van der Waals surface area (Å²) < 4.78 is 0. The van der Waals surface area contributed by atoms with Crippen molar-refractivity contribution < 1.29 is 49.2 Å². The number of hydrogen-bond acceptors (Lipinski definition) is 1. The van der Waals surface area contributed by atoms with E-state index in [9.17, 15) is 0 Å². The molecule has 0 fully saturated rings. The molecule has 1 radical (unpaired) electrons. The Balaban J connectivity index is 0. The second kappa shape index (κ2) is 17.5. The fraction of sp³-hybridized carbons (Fsp3) is 0.846. The maximum atomic E-state index is 8.58. The molecule has 0 aromatic carbocycles. The normalized spacial score (nSPS) is 10.5. The van der Waals surface area contributed by atoms with Crippen molar-refractivity contribution in [1.29, 1.82) is 0 Å². The predicted molar refractivity (Wildman–Crippen MR) is 63.5 cm³/mol. The molecule has 0 aliphatic heterocycles. The Morgan fingerprint density at radius 3 is 1.73 bits per heavy atom. The first-order valence-corrected chi connectivity index (χ1v) is 6.14. The molecule has 87 valence electrons. The van der Waals surface area contributed by atoms with Gasteiger partial charge in [0.1, 0.15) is 0 Å². The van der Waals surface area contributed by atoms with Crippen LogP contribution in [0.4, 0.5) is 0 Å². The van der Waals surface area contributed by atoms with Gasteiger partial charge in [0.05, 0.1) is 0 Å². The molecule has 2 heteroatoms. The minimum atomic E-state index is 0. The molecular weight excluding hydrogens is 399 g/mol. The van der Waals surface area contributed by atoms with Gasteiger partial charge in [-0.2, -0.15) is 0 Å². The third-order valence-electron chi connectivity index (χ3n) is 2.51. The van der Waals surface area contributed by atoms with Crippen LogP contribution >= 0.6 is 0 Å². The third-order valence-corrected chi connectivity index (χ3v) is 2.51. The molecule has 0 aliphatic rings. The molecule has 0 saturated heterocycles. The topological polar surface area (TPSA) is 20.2 Å². The summed E-state index contributed by atoms with van der Waals surface area (Å²) in [6.07, 6.45) is 16.0. The first kappa shape index (κ1) is 18.5. The van der Waals surface area contributed by atoms with Gasteiger partial charge in [-0.15, -0.1) is 0 Å². The molecule has 0 saturated carbocycles. The Morgan fingerprint density at radius 1 is 0.800 bits per heavy atom. The van der Waals surface area contributed by atoms with Gasteiger partial charge in [-0.05, 0) is 26.2 Å². The average Bonchev–Trinajstić information content (AvgIpc) is 2.21. The van der Waals surface area contributed by atoms with E-state index in [0.717, 1.165) is 6.42 Å². The summed E-state index contributed by atoms with van der Waals surface area (Å²) in [4.78, 5) is 0. The summed E-state index contributed by atoms with van der Waals surface area (Å²) in [7, 11) is 0. The van der Waals surface area contributed by atoms with Crippen molar-refractivity contribution in [3.63, 3.8) is 0 Å². The van der Waals surface area contributed by atoms with E-state index >= 15 is 0 Å². The van der Waals surface area contributed by atoms with Crippen molar-refractivity contribution in [2.75, 3.05) is 6.61 Å². The molecule has 1 N–H and O–H groups in total. The summed E-state index contributed by atoms with van der Waals surface area (Å²) in [5.41, 5.74) is 0. The van der Waals surface area contributed by atoms with Gasteiger partial charge < -0.3 is 5.11 Å². The quantitative estimate of drug-likeness (QED) is 0.414. The summed E-state index contributed by atoms with van der Waals surface area (Å²) in [5, 5.41) is 8.58. The van der Waals surface area contributed by atoms with Crippen LogP contribution in [0.1, 0.15) is 64.7 Å². The van der Waals surface area contributed by atoms with Crippen molar-refractivity contribution in [2.24, 2.45) is 0 Å². The summed E-state index contributed by atoms with van der Waals surface area (Å²) >= 11 is 0. The minimum Gasteiger partial charge on any atom is -0.396 e. The number of rotatable bonds is 10. The molecule has 15 heavy (non-hydrogen) atoms. The van der Waals surface area contributed by atoms with Crippen LogP contribution in [0.15, 0.2) is 12.2 Å². The first-order chi connectivity index (χ1) is 6.91. The van der Waals surface area contributed by atoms with Crippen molar-refractivity contribution in [1.82, 2.24) is 0 Å². The van der Waals surface area contributed by atoms with Crippen LogP contribution in [0, 0.1) is 44.1 Å². The minimum absolute atomic E-state index is 0. The first-order valence-electron chi connectivity index (χ1n) is 6.14. The van der Waals surface area contributed by atoms with E-state index in [4.69, 9.17) is 5.11 Å². The maximum Gasteiger partial charge on any atom is 0.0431 e. The fourth-order valence-electron chi connectivity index (χ4n) is 1.60. The Labute approximate surface area is 131 Å². The van der Waals surface area contributed by atoms with Crippen LogP contribution in [0.3, 0.4) is 0 Å². The zero-order valence-corrected chi connectivity index (χ0v) is 15.0. The third kappa shape index (κ3) is 17.7. The predicted octanol–water partition coefficient (Wildman–Crippen LogP) is 4.07. The molecule has 0 heterocycles. The van der Waals surface area contributed by atoms with Crippen molar-refractivity contribution in [3.05, 3.63) is 12.2 Å². The molecular formula is C13H26AcO. The van der Waals surface area contributed by atoms with Gasteiger partial charge in [-0.25, -0.2) is 0 Å². The van der Waals surface area contributed by atoms with Gasteiger partial charge >= 0.3 is 0 Å². The number of aliphatic hydroxyl groups is 1. The van der Waals surface area contributed by atoms with Crippen LogP contribution in [-0.2, 0) is 0 Å². The zero-order valence-electron chi connectivity index (χ0n) is 10.3. The second-order valence-corrected chi connectivity index (χ2v) is 3.91. The van der Waals surface area contributed by atoms with Crippen LogP contribution < -0.4 is 0 Å². The van der Waals surface area contributed by atoms with E-state index in [0.29, 0.717) is 6.61 Å². The Hall–Kier alpha value is 1.14. The van der Waals surface area contributed by atoms with E-state index in [-0.39, 0.29) is 44.1 Å². The van der Waals surface area contributed by atoms with E-state index in [1.165, 1.54) is 51.4 Å². The van der Waals surface area contributed by atoms with Crippen molar-refractivity contribution >= 4 is 0 Å². The van der Waals surface area contributed by atoms with Gasteiger partial charge in [-0.3, -0.25) is 0 Å². The van der Waals surface area contributed by atoms with Gasteiger partial charge in [0.15, 0.2) is 0 Å². The number of aliphatic hydroxyl groups excluding tert-OH is 1. The molecule has 0 aliphatic carbocycles. The molecule has 0 amide bonds. The molecule has 0 atom stereocenters. The van der Waals surface area contributed by atoms with E-state index in [1.54, 1.807) is 0 Å². The summed E-state index contributed by atoms with van der Waals surface area (Å²) in [6, 6.07) is 0. The van der Waals surface area contributed by atoms with Crippen LogP contribution in [-0.4, -0.2) is 11.7 Å². The molecule has 0 bridgehead atoms. The SMILES string of the molecule is CC=CCCCCCCCCCCO.[Ac]. The molecule has 0 spiro atoms. The fourth-order valence-corrected chi connectivity index (χ4v) is 1.60. The molecule has 0 aromatic rings. The number of unbranched alkanes of at least 4 members (excludes halogenated alkanes) is 8. The van der Waals surface area contributed by atoms with E-state index in [1.807, 2.05) is 0 Å². The Bertz CT molecular complexity index is 124. The largest absolute Gasteiger partial charge is 0.396 e.